The van der Waals surface area contributed by atoms with Crippen LogP contribution in [0, 0.1) is 10.1 Å². The van der Waals surface area contributed by atoms with Crippen LogP contribution in [-0.2, 0) is 4.79 Å². The Labute approximate surface area is 130 Å². The number of amides is 1. The lowest BCUT2D eigenvalue weighted by molar-refractivity contribution is -0.385. The highest BCUT2D eigenvalue weighted by molar-refractivity contribution is 5.77. The van der Waals surface area contributed by atoms with E-state index in [1.54, 1.807) is 12.1 Å². The van der Waals surface area contributed by atoms with Crippen LogP contribution in [0.5, 0.6) is 5.75 Å². The molecule has 0 aromatic heterocycles. The van der Waals surface area contributed by atoms with E-state index >= 15 is 0 Å². The Morgan fingerprint density at radius 1 is 1.36 bits per heavy atom. The summed E-state index contributed by atoms with van der Waals surface area (Å²) in [5.74, 6) is -0.0101. The highest BCUT2D eigenvalue weighted by atomic mass is 16.6. The van der Waals surface area contributed by atoms with E-state index in [1.165, 1.54) is 12.1 Å². The first kappa shape index (κ1) is 17.9. The van der Waals surface area contributed by atoms with Gasteiger partial charge in [0.25, 0.3) is 0 Å². The third-order valence-electron chi connectivity index (χ3n) is 3.80. The van der Waals surface area contributed by atoms with Crippen LogP contribution in [0.2, 0.25) is 0 Å². The molecular formula is C15H23N3O4. The minimum absolute atomic E-state index is 0.0742. The molecule has 0 unspecified atom stereocenters. The number of benzene rings is 1. The van der Waals surface area contributed by atoms with E-state index in [0.717, 1.165) is 12.8 Å². The minimum atomic E-state index is -0.511. The van der Waals surface area contributed by atoms with E-state index in [4.69, 9.17) is 10.5 Å². The topological polar surface area (TPSA) is 107 Å². The van der Waals surface area contributed by atoms with Crippen molar-refractivity contribution in [2.75, 3.05) is 13.2 Å². The van der Waals surface area contributed by atoms with Gasteiger partial charge in [-0.05, 0) is 18.9 Å². The Morgan fingerprint density at radius 2 is 2.00 bits per heavy atom. The molecule has 1 rings (SSSR count). The number of nitrogens with two attached hydrogens (primary N) is 1. The lowest BCUT2D eigenvalue weighted by atomic mass is 9.93. The molecule has 7 nitrogen and oxygen atoms in total. The molecule has 0 bridgehead atoms. The number of carbonyl (C=O) groups excluding carboxylic acids is 1. The van der Waals surface area contributed by atoms with Gasteiger partial charge in [-0.3, -0.25) is 14.9 Å². The molecule has 1 aromatic rings. The quantitative estimate of drug-likeness (QED) is 0.536. The molecule has 0 atom stereocenters. The predicted molar refractivity (Wildman–Crippen MR) is 83.7 cm³/mol. The molecule has 0 fully saturated rings. The SMILES string of the molecule is CCC(CC)(CN)NC(=O)CCOc1ccccc1[N+](=O)[O-]. The van der Waals surface area contributed by atoms with Crippen molar-refractivity contribution in [3.05, 3.63) is 34.4 Å². The highest BCUT2D eigenvalue weighted by Crippen LogP contribution is 2.25. The van der Waals surface area contributed by atoms with Crippen LogP contribution < -0.4 is 15.8 Å². The summed E-state index contributed by atoms with van der Waals surface area (Å²) in [6, 6.07) is 6.09. The summed E-state index contributed by atoms with van der Waals surface area (Å²) in [5, 5.41) is 13.8. The fraction of sp³-hybridized carbons (Fsp3) is 0.533. The number of nitro benzene ring substituents is 1. The van der Waals surface area contributed by atoms with Gasteiger partial charge in [0.1, 0.15) is 0 Å². The summed E-state index contributed by atoms with van der Waals surface area (Å²) in [4.78, 5) is 22.3. The standard InChI is InChI=1S/C15H23N3O4/c1-3-15(4-2,11-16)17-14(19)9-10-22-13-8-6-5-7-12(13)18(20)21/h5-8H,3-4,9-11,16H2,1-2H3,(H,17,19). The molecule has 0 saturated heterocycles. The summed E-state index contributed by atoms with van der Waals surface area (Å²) in [6.45, 7) is 4.39. The second-order valence-corrected chi connectivity index (χ2v) is 5.06. The van der Waals surface area contributed by atoms with Crippen LogP contribution in [-0.4, -0.2) is 29.5 Å². The second-order valence-electron chi connectivity index (χ2n) is 5.06. The Kier molecular flexibility index (Phi) is 6.78. The van der Waals surface area contributed by atoms with Crippen LogP contribution in [0.4, 0.5) is 5.69 Å². The van der Waals surface area contributed by atoms with Gasteiger partial charge >= 0.3 is 5.69 Å². The van der Waals surface area contributed by atoms with Crippen molar-refractivity contribution in [1.29, 1.82) is 0 Å². The average molecular weight is 309 g/mol. The number of nitrogens with one attached hydrogen (secondary N) is 1. The third kappa shape index (κ3) is 4.70. The van der Waals surface area contributed by atoms with Gasteiger partial charge < -0.3 is 15.8 Å². The smallest absolute Gasteiger partial charge is 0.310 e. The van der Waals surface area contributed by atoms with Crippen molar-refractivity contribution in [1.82, 2.24) is 5.32 Å². The summed E-state index contributed by atoms with van der Waals surface area (Å²) in [6.07, 6.45) is 1.61. The number of nitro groups is 1. The molecule has 0 aliphatic rings. The van der Waals surface area contributed by atoms with Crippen LogP contribution in [0.15, 0.2) is 24.3 Å². The highest BCUT2D eigenvalue weighted by Gasteiger charge is 2.26. The predicted octanol–water partition coefficient (Wildman–Crippen LogP) is 2.00. The molecule has 3 N–H and O–H groups in total. The molecule has 1 amide bonds. The molecule has 0 spiro atoms. The van der Waals surface area contributed by atoms with Gasteiger partial charge in [-0.25, -0.2) is 0 Å². The Bertz CT molecular complexity index is 507. The van der Waals surface area contributed by atoms with Crippen LogP contribution >= 0.6 is 0 Å². The van der Waals surface area contributed by atoms with Crippen LogP contribution in [0.3, 0.4) is 0 Å². The first-order chi connectivity index (χ1) is 10.5. The molecular weight excluding hydrogens is 286 g/mol. The summed E-state index contributed by atoms with van der Waals surface area (Å²) in [7, 11) is 0. The molecule has 0 aliphatic carbocycles. The zero-order valence-corrected chi connectivity index (χ0v) is 13.0. The van der Waals surface area contributed by atoms with Crippen LogP contribution in [0.1, 0.15) is 33.1 Å². The molecule has 1 aromatic carbocycles. The average Bonchev–Trinajstić information content (AvgIpc) is 2.53. The van der Waals surface area contributed by atoms with Gasteiger partial charge in [-0.2, -0.15) is 0 Å². The Balaban J connectivity index is 2.54. The number of hydrogen-bond donors (Lipinski definition) is 2. The zero-order valence-electron chi connectivity index (χ0n) is 13.0. The van der Waals surface area contributed by atoms with Crippen molar-refractivity contribution in [2.45, 2.75) is 38.6 Å². The van der Waals surface area contributed by atoms with E-state index in [9.17, 15) is 14.9 Å². The van der Waals surface area contributed by atoms with Crippen molar-refractivity contribution < 1.29 is 14.5 Å². The second kappa shape index (κ2) is 8.33. The maximum atomic E-state index is 12.0. The molecule has 0 radical (unpaired) electrons. The van der Waals surface area contributed by atoms with E-state index in [0.29, 0.717) is 6.54 Å². The zero-order chi connectivity index (χ0) is 16.6. The van der Waals surface area contributed by atoms with Gasteiger partial charge in [0.15, 0.2) is 5.75 Å². The van der Waals surface area contributed by atoms with Gasteiger partial charge in [0.05, 0.1) is 23.5 Å². The molecule has 122 valence electrons. The molecule has 7 heteroatoms. The molecule has 0 aliphatic heterocycles. The first-order valence-corrected chi connectivity index (χ1v) is 7.35. The summed E-state index contributed by atoms with van der Waals surface area (Å²) < 4.78 is 5.35. The fourth-order valence-electron chi connectivity index (χ4n) is 2.11. The van der Waals surface area contributed by atoms with E-state index in [1.807, 2.05) is 13.8 Å². The monoisotopic (exact) mass is 309 g/mol. The molecule has 22 heavy (non-hydrogen) atoms. The van der Waals surface area contributed by atoms with E-state index < -0.39 is 10.5 Å². The van der Waals surface area contributed by atoms with Crippen molar-refractivity contribution in [2.24, 2.45) is 5.73 Å². The van der Waals surface area contributed by atoms with Gasteiger partial charge in [-0.15, -0.1) is 0 Å². The van der Waals surface area contributed by atoms with Crippen molar-refractivity contribution in [3.63, 3.8) is 0 Å². The van der Waals surface area contributed by atoms with E-state index in [-0.39, 0.29) is 30.4 Å². The summed E-state index contributed by atoms with van der Waals surface area (Å²) >= 11 is 0. The molecule has 0 heterocycles. The van der Waals surface area contributed by atoms with Gasteiger partial charge in [0, 0.05) is 12.6 Å². The lowest BCUT2D eigenvalue weighted by Crippen LogP contribution is -2.53. The fourth-order valence-corrected chi connectivity index (χ4v) is 2.11. The third-order valence-corrected chi connectivity index (χ3v) is 3.80. The Morgan fingerprint density at radius 3 is 2.55 bits per heavy atom. The number of carbonyl (C=O) groups is 1. The van der Waals surface area contributed by atoms with Gasteiger partial charge in [-0.1, -0.05) is 26.0 Å². The van der Waals surface area contributed by atoms with E-state index in [2.05, 4.69) is 5.32 Å². The number of para-hydroxylation sites is 2. The van der Waals surface area contributed by atoms with Gasteiger partial charge in [0.2, 0.25) is 5.91 Å². The van der Waals surface area contributed by atoms with Crippen LogP contribution in [0.25, 0.3) is 0 Å². The normalized spacial score (nSPS) is 11.0. The number of hydrogen-bond acceptors (Lipinski definition) is 5. The number of ether oxygens (including phenoxy) is 1. The largest absolute Gasteiger partial charge is 0.486 e. The number of rotatable bonds is 9. The lowest BCUT2D eigenvalue weighted by Gasteiger charge is -2.31. The summed E-state index contributed by atoms with van der Waals surface area (Å²) in [5.41, 5.74) is 5.23. The minimum Gasteiger partial charge on any atom is -0.486 e. The molecule has 0 saturated carbocycles. The maximum absolute atomic E-state index is 12.0. The maximum Gasteiger partial charge on any atom is 0.310 e. The first-order valence-electron chi connectivity index (χ1n) is 7.35. The van der Waals surface area contributed by atoms with Crippen molar-refractivity contribution >= 4 is 11.6 Å². The Hall–Kier alpha value is -2.15. The number of nitrogens with zero attached hydrogens (tertiary/aromatic N) is 1. The van der Waals surface area contributed by atoms with Crippen molar-refractivity contribution in [3.8, 4) is 5.75 Å².